The van der Waals surface area contributed by atoms with E-state index in [1.807, 2.05) is 115 Å². The van der Waals surface area contributed by atoms with Gasteiger partial charge in [-0.25, -0.2) is 15.0 Å². The van der Waals surface area contributed by atoms with Crippen molar-refractivity contribution in [2.24, 2.45) is 5.10 Å². The van der Waals surface area contributed by atoms with Crippen molar-refractivity contribution in [3.63, 3.8) is 0 Å². The van der Waals surface area contributed by atoms with E-state index in [1.165, 1.54) is 0 Å². The molecule has 0 saturated carbocycles. The Bertz CT molecular complexity index is 2270. The molecular formula is C41H28N6. The Balaban J connectivity index is 1.21. The van der Waals surface area contributed by atoms with Crippen LogP contribution in [0.3, 0.4) is 0 Å². The molecule has 8 rings (SSSR count). The van der Waals surface area contributed by atoms with Gasteiger partial charge in [-0.15, -0.1) is 0 Å². The second kappa shape index (κ2) is 12.1. The van der Waals surface area contributed by atoms with Crippen molar-refractivity contribution in [3.05, 3.63) is 163 Å². The van der Waals surface area contributed by atoms with E-state index >= 15 is 0 Å². The van der Waals surface area contributed by atoms with Crippen LogP contribution in [0.2, 0.25) is 0 Å². The van der Waals surface area contributed by atoms with Crippen LogP contribution in [0.1, 0.15) is 11.1 Å². The maximum Gasteiger partial charge on any atom is 0.164 e. The molecule has 6 aromatic carbocycles. The number of hydrogen-bond donors (Lipinski definition) is 2. The zero-order valence-corrected chi connectivity index (χ0v) is 25.3. The molecule has 0 saturated heterocycles. The van der Waals surface area contributed by atoms with E-state index in [4.69, 9.17) is 20.4 Å². The van der Waals surface area contributed by atoms with Crippen LogP contribution in [0.15, 0.2) is 157 Å². The Morgan fingerprint density at radius 1 is 0.511 bits per heavy atom. The molecule has 1 aromatic heterocycles. The number of hydrogen-bond acceptors (Lipinski definition) is 6. The number of fused-ring (bicyclic) bond motifs is 3. The number of allylic oxidation sites excluding steroid dienone is 1. The average molecular weight is 605 g/mol. The van der Waals surface area contributed by atoms with Crippen LogP contribution in [0.25, 0.3) is 62.1 Å². The minimum Gasteiger partial charge on any atom is -0.298 e. The van der Waals surface area contributed by atoms with Gasteiger partial charge in [0.2, 0.25) is 0 Å². The van der Waals surface area contributed by atoms with Crippen molar-refractivity contribution >= 4 is 34.0 Å². The lowest BCUT2D eigenvalue weighted by Gasteiger charge is -2.17. The molecule has 222 valence electrons. The highest BCUT2D eigenvalue weighted by Gasteiger charge is 2.20. The molecule has 1 heterocycles. The molecule has 47 heavy (non-hydrogen) atoms. The summed E-state index contributed by atoms with van der Waals surface area (Å²) in [6, 6.07) is 48.6. The lowest BCUT2D eigenvalue weighted by atomic mass is 9.88. The summed E-state index contributed by atoms with van der Waals surface area (Å²) in [5, 5.41) is 15.7. The quantitative estimate of drug-likeness (QED) is 0.185. The molecule has 1 aliphatic carbocycles. The highest BCUT2D eigenvalue weighted by atomic mass is 15.3. The molecule has 0 fully saturated rings. The van der Waals surface area contributed by atoms with Crippen LogP contribution in [0, 0.1) is 5.41 Å². The number of benzene rings is 6. The van der Waals surface area contributed by atoms with E-state index in [1.54, 1.807) is 0 Å². The number of rotatable bonds is 6. The fourth-order valence-electron chi connectivity index (χ4n) is 5.90. The van der Waals surface area contributed by atoms with Gasteiger partial charge in [-0.05, 0) is 51.7 Å². The molecular weight excluding hydrogens is 576 g/mol. The average Bonchev–Trinajstić information content (AvgIpc) is 3.15. The minimum absolute atomic E-state index is 0.386. The van der Waals surface area contributed by atoms with Gasteiger partial charge >= 0.3 is 0 Å². The van der Waals surface area contributed by atoms with Gasteiger partial charge in [-0.2, -0.15) is 5.10 Å². The Hall–Kier alpha value is -6.53. The zero-order valence-electron chi connectivity index (χ0n) is 25.3. The lowest BCUT2D eigenvalue weighted by Crippen LogP contribution is -2.18. The maximum atomic E-state index is 9.08. The van der Waals surface area contributed by atoms with Crippen molar-refractivity contribution < 1.29 is 0 Å². The monoisotopic (exact) mass is 604 g/mol. The Labute approximate surface area is 272 Å². The summed E-state index contributed by atoms with van der Waals surface area (Å²) >= 11 is 0. The molecule has 6 heteroatoms. The van der Waals surface area contributed by atoms with E-state index in [0.29, 0.717) is 28.9 Å². The third-order valence-electron chi connectivity index (χ3n) is 8.24. The van der Waals surface area contributed by atoms with Crippen molar-refractivity contribution in [2.45, 2.75) is 0 Å². The van der Waals surface area contributed by atoms with E-state index in [-0.39, 0.29) is 0 Å². The van der Waals surface area contributed by atoms with Crippen molar-refractivity contribution in [2.75, 3.05) is 5.43 Å². The third-order valence-corrected chi connectivity index (χ3v) is 8.24. The summed E-state index contributed by atoms with van der Waals surface area (Å²) in [6.45, 7) is 0. The molecule has 0 unspecified atom stereocenters. The number of para-hydroxylation sites is 1. The smallest absolute Gasteiger partial charge is 0.164 e. The van der Waals surface area contributed by atoms with Gasteiger partial charge in [-0.1, -0.05) is 133 Å². The number of aromatic nitrogens is 3. The first-order chi connectivity index (χ1) is 23.2. The van der Waals surface area contributed by atoms with Crippen LogP contribution in [0.5, 0.6) is 0 Å². The van der Waals surface area contributed by atoms with Gasteiger partial charge in [-0.3, -0.25) is 10.8 Å². The fraction of sp³-hybridized carbons (Fsp3) is 0. The fourth-order valence-corrected chi connectivity index (χ4v) is 5.90. The molecule has 0 spiro atoms. The summed E-state index contributed by atoms with van der Waals surface area (Å²) in [6.07, 6.45) is 3.91. The molecule has 0 atom stereocenters. The summed E-state index contributed by atoms with van der Waals surface area (Å²) in [4.78, 5) is 14.8. The topological polar surface area (TPSA) is 86.9 Å². The minimum atomic E-state index is 0.386. The number of nitrogens with zero attached hydrogens (tertiary/aromatic N) is 4. The predicted molar refractivity (Wildman–Crippen MR) is 192 cm³/mol. The first-order valence-corrected chi connectivity index (χ1v) is 15.4. The van der Waals surface area contributed by atoms with Crippen LogP contribution in [-0.4, -0.2) is 26.4 Å². The Kier molecular flexibility index (Phi) is 7.21. The maximum absolute atomic E-state index is 9.08. The van der Waals surface area contributed by atoms with Gasteiger partial charge in [0, 0.05) is 22.3 Å². The molecule has 2 N–H and O–H groups in total. The van der Waals surface area contributed by atoms with Crippen molar-refractivity contribution in [1.29, 1.82) is 5.41 Å². The highest BCUT2D eigenvalue weighted by Crippen LogP contribution is 2.36. The Morgan fingerprint density at radius 2 is 1.11 bits per heavy atom. The van der Waals surface area contributed by atoms with Crippen molar-refractivity contribution in [3.8, 4) is 45.3 Å². The van der Waals surface area contributed by atoms with E-state index < -0.39 is 0 Å². The predicted octanol–water partition coefficient (Wildman–Crippen LogP) is 9.56. The standard InChI is InChI=1S/C41H28N6/c42-38-36(47-46-32-16-8-3-9-17-32)25-23-27-20-21-31-26-30(22-24-34(31)37(27)38)33-18-10-11-19-35(33)41-44-39(28-12-4-1-5-13-28)43-40(45-41)29-14-6-2-7-15-29/h1-26,42,46H/b42-38?,47-36-. The Morgan fingerprint density at radius 3 is 1.79 bits per heavy atom. The van der Waals surface area contributed by atoms with Gasteiger partial charge in [0.15, 0.2) is 17.5 Å². The SMILES string of the molecule is N=C1/C(=N\Nc2ccccc2)C=Cc2ccc3cc(-c4ccccc4-c4nc(-c5ccccc5)nc(-c5ccccc5)n4)ccc3c21. The second-order valence-electron chi connectivity index (χ2n) is 11.2. The third kappa shape index (κ3) is 5.49. The zero-order chi connectivity index (χ0) is 31.6. The van der Waals surface area contributed by atoms with Gasteiger partial charge in [0.25, 0.3) is 0 Å². The van der Waals surface area contributed by atoms with Gasteiger partial charge in [0.1, 0.15) is 5.71 Å². The van der Waals surface area contributed by atoms with Gasteiger partial charge < -0.3 is 0 Å². The molecule has 0 radical (unpaired) electrons. The molecule has 0 amide bonds. The van der Waals surface area contributed by atoms with Crippen LogP contribution in [-0.2, 0) is 0 Å². The van der Waals surface area contributed by atoms with Crippen LogP contribution >= 0.6 is 0 Å². The van der Waals surface area contributed by atoms with Crippen LogP contribution < -0.4 is 5.43 Å². The summed E-state index contributed by atoms with van der Waals surface area (Å²) < 4.78 is 0. The summed E-state index contributed by atoms with van der Waals surface area (Å²) in [5.41, 5.74) is 11.6. The number of anilines is 1. The van der Waals surface area contributed by atoms with E-state index in [9.17, 15) is 0 Å². The summed E-state index contributed by atoms with van der Waals surface area (Å²) in [7, 11) is 0. The van der Waals surface area contributed by atoms with E-state index in [0.717, 1.165) is 55.4 Å². The molecule has 7 aromatic rings. The largest absolute Gasteiger partial charge is 0.298 e. The number of nitrogens with one attached hydrogen (secondary N) is 2. The second-order valence-corrected chi connectivity index (χ2v) is 11.2. The van der Waals surface area contributed by atoms with Gasteiger partial charge in [0.05, 0.1) is 11.4 Å². The highest BCUT2D eigenvalue weighted by molar-refractivity contribution is 6.55. The molecule has 0 bridgehead atoms. The summed E-state index contributed by atoms with van der Waals surface area (Å²) in [5.74, 6) is 1.86. The van der Waals surface area contributed by atoms with E-state index in [2.05, 4.69) is 53.0 Å². The normalized spacial score (nSPS) is 13.1. The first kappa shape index (κ1) is 28.0. The molecule has 0 aliphatic heterocycles. The molecule has 6 nitrogen and oxygen atoms in total. The molecule has 1 aliphatic rings. The van der Waals surface area contributed by atoms with Crippen LogP contribution in [0.4, 0.5) is 5.69 Å². The van der Waals surface area contributed by atoms with Crippen molar-refractivity contribution in [1.82, 2.24) is 15.0 Å². The number of hydrazone groups is 1. The first-order valence-electron chi connectivity index (χ1n) is 15.4. The lowest BCUT2D eigenvalue weighted by molar-refractivity contribution is 1.07.